The largest absolute Gasteiger partial charge is 0.399 e. The summed E-state index contributed by atoms with van der Waals surface area (Å²) in [5.74, 6) is -0.308. The summed E-state index contributed by atoms with van der Waals surface area (Å²) in [6, 6.07) is 13.3. The Morgan fingerprint density at radius 3 is 2.19 bits per heavy atom. The molecule has 2 aliphatic rings. The molecule has 4 atom stereocenters. The van der Waals surface area contributed by atoms with Crippen molar-refractivity contribution in [2.24, 2.45) is 16.5 Å². The summed E-state index contributed by atoms with van der Waals surface area (Å²) >= 11 is 0. The van der Waals surface area contributed by atoms with Gasteiger partial charge in [-0.1, -0.05) is 42.8 Å². The predicted octanol–water partition coefficient (Wildman–Crippen LogP) is 5.16. The van der Waals surface area contributed by atoms with Gasteiger partial charge in [0, 0.05) is 23.4 Å². The molecule has 1 heterocycles. The van der Waals surface area contributed by atoms with Crippen molar-refractivity contribution in [2.45, 2.75) is 38.3 Å². The number of hydrogen-bond donors (Lipinski definition) is 1. The maximum absolute atomic E-state index is 13.5. The van der Waals surface area contributed by atoms with Crippen LogP contribution in [0.2, 0.25) is 0 Å². The van der Waals surface area contributed by atoms with Gasteiger partial charge in [-0.25, -0.2) is 8.78 Å². The summed E-state index contributed by atoms with van der Waals surface area (Å²) in [5, 5.41) is 8.23. The fourth-order valence-corrected chi connectivity index (χ4v) is 4.86. The molecule has 4 rings (SSSR count). The van der Waals surface area contributed by atoms with E-state index < -0.39 is 0 Å². The van der Waals surface area contributed by atoms with Crippen LogP contribution < -0.4 is 5.32 Å². The lowest BCUT2D eigenvalue weighted by atomic mass is 9.58. The van der Waals surface area contributed by atoms with Crippen LogP contribution in [0, 0.1) is 23.0 Å². The summed E-state index contributed by atoms with van der Waals surface area (Å²) in [7, 11) is 1.58. The van der Waals surface area contributed by atoms with Crippen molar-refractivity contribution in [3.8, 4) is 0 Å². The van der Waals surface area contributed by atoms with E-state index in [1.165, 1.54) is 24.3 Å². The summed E-state index contributed by atoms with van der Waals surface area (Å²) in [5.41, 5.74) is 2.88. The minimum Gasteiger partial charge on any atom is -0.399 e. The molecule has 3 nitrogen and oxygen atoms in total. The summed E-state index contributed by atoms with van der Waals surface area (Å²) in [4.78, 5) is 5.23. The first kappa shape index (κ1) is 18.1. The predicted molar refractivity (Wildman–Crippen MR) is 101 cm³/mol. The van der Waals surface area contributed by atoms with Crippen molar-refractivity contribution < 1.29 is 13.6 Å². The van der Waals surface area contributed by atoms with E-state index >= 15 is 0 Å². The van der Waals surface area contributed by atoms with Crippen LogP contribution in [-0.4, -0.2) is 12.8 Å². The Hall–Kier alpha value is -2.27. The van der Waals surface area contributed by atoms with Gasteiger partial charge in [-0.05, 0) is 48.2 Å². The third-order valence-electron chi connectivity index (χ3n) is 6.16. The van der Waals surface area contributed by atoms with Crippen molar-refractivity contribution in [3.05, 3.63) is 71.3 Å². The third-order valence-corrected chi connectivity index (χ3v) is 6.16. The van der Waals surface area contributed by atoms with Gasteiger partial charge in [0.1, 0.15) is 18.7 Å². The first-order chi connectivity index (χ1) is 13.0. The molecule has 0 aromatic heterocycles. The standard InChI is InChI=1S/C22H24F2N2O/c1-22-13-3-4-18(21(22)26-27-2)19(14-5-9-16(23)10-6-14)25-20(22)15-7-11-17(24)12-8-15/h5-12,18-20,25H,3-4,13H2,1-2H3/b26-21+. The molecular weight excluding hydrogens is 346 g/mol. The summed E-state index contributed by atoms with van der Waals surface area (Å²) < 4.78 is 26.9. The Balaban J connectivity index is 1.81. The molecule has 1 aliphatic heterocycles. The van der Waals surface area contributed by atoms with Crippen LogP contribution in [0.25, 0.3) is 0 Å². The fraction of sp³-hybridized carbons (Fsp3) is 0.409. The van der Waals surface area contributed by atoms with Crippen LogP contribution in [0.3, 0.4) is 0 Å². The molecule has 0 spiro atoms. The van der Waals surface area contributed by atoms with Crippen LogP contribution in [0.4, 0.5) is 8.78 Å². The van der Waals surface area contributed by atoms with Gasteiger partial charge in [0.25, 0.3) is 0 Å². The number of nitrogens with zero attached hydrogens (tertiary/aromatic N) is 1. The van der Waals surface area contributed by atoms with E-state index in [1.54, 1.807) is 7.11 Å². The average molecular weight is 370 g/mol. The van der Waals surface area contributed by atoms with Crippen LogP contribution in [0.1, 0.15) is 49.4 Å². The zero-order valence-corrected chi connectivity index (χ0v) is 15.6. The lowest BCUT2D eigenvalue weighted by Gasteiger charge is -2.53. The van der Waals surface area contributed by atoms with Crippen LogP contribution in [0.15, 0.2) is 53.7 Å². The second kappa shape index (κ2) is 7.04. The minimum absolute atomic E-state index is 0.00271. The Morgan fingerprint density at radius 2 is 1.59 bits per heavy atom. The van der Waals surface area contributed by atoms with Crippen LogP contribution in [-0.2, 0) is 4.84 Å². The zero-order chi connectivity index (χ0) is 19.0. The topological polar surface area (TPSA) is 33.6 Å². The Morgan fingerprint density at radius 1 is 1.00 bits per heavy atom. The van der Waals surface area contributed by atoms with Crippen molar-refractivity contribution in [1.82, 2.24) is 5.32 Å². The van der Waals surface area contributed by atoms with Crippen molar-refractivity contribution in [1.29, 1.82) is 0 Å². The number of hydrogen-bond acceptors (Lipinski definition) is 3. The molecule has 1 aliphatic carbocycles. The van der Waals surface area contributed by atoms with Gasteiger partial charge in [0.15, 0.2) is 0 Å². The molecule has 27 heavy (non-hydrogen) atoms. The van der Waals surface area contributed by atoms with Gasteiger partial charge >= 0.3 is 0 Å². The van der Waals surface area contributed by atoms with Gasteiger partial charge in [0.2, 0.25) is 0 Å². The SMILES string of the molecule is CO/N=C1\C2CCCC1(C)C(c1ccc(F)cc1)NC2c1ccc(F)cc1. The van der Waals surface area contributed by atoms with Gasteiger partial charge < -0.3 is 10.2 Å². The number of fused-ring (bicyclic) bond motifs is 2. The van der Waals surface area contributed by atoms with E-state index in [2.05, 4.69) is 17.4 Å². The van der Waals surface area contributed by atoms with E-state index in [-0.39, 0.29) is 35.1 Å². The quantitative estimate of drug-likeness (QED) is 0.757. The van der Waals surface area contributed by atoms with E-state index in [1.807, 2.05) is 24.3 Å². The van der Waals surface area contributed by atoms with Gasteiger partial charge in [-0.15, -0.1) is 0 Å². The van der Waals surface area contributed by atoms with E-state index in [4.69, 9.17) is 4.84 Å². The number of rotatable bonds is 3. The Kier molecular flexibility index (Phi) is 4.72. The zero-order valence-electron chi connectivity index (χ0n) is 15.6. The molecule has 4 unspecified atom stereocenters. The number of piperidine rings is 1. The van der Waals surface area contributed by atoms with Crippen molar-refractivity contribution in [3.63, 3.8) is 0 Å². The molecule has 1 saturated heterocycles. The molecule has 2 fully saturated rings. The fourth-order valence-electron chi connectivity index (χ4n) is 4.86. The highest BCUT2D eigenvalue weighted by atomic mass is 19.1. The van der Waals surface area contributed by atoms with Gasteiger partial charge in [0.05, 0.1) is 5.71 Å². The maximum Gasteiger partial charge on any atom is 0.123 e. The average Bonchev–Trinajstić information content (AvgIpc) is 2.65. The molecule has 2 bridgehead atoms. The highest BCUT2D eigenvalue weighted by molar-refractivity contribution is 5.94. The highest BCUT2D eigenvalue weighted by Crippen LogP contribution is 2.53. The van der Waals surface area contributed by atoms with E-state index in [9.17, 15) is 8.78 Å². The normalized spacial score (nSPS) is 31.7. The first-order valence-electron chi connectivity index (χ1n) is 9.41. The molecule has 5 heteroatoms. The Labute approximate surface area is 158 Å². The molecule has 0 amide bonds. The number of oxime groups is 1. The minimum atomic E-state index is -0.248. The van der Waals surface area contributed by atoms with Crippen molar-refractivity contribution in [2.75, 3.05) is 7.11 Å². The molecule has 2 aromatic rings. The third kappa shape index (κ3) is 3.14. The number of nitrogens with one attached hydrogen (secondary N) is 1. The monoisotopic (exact) mass is 370 g/mol. The molecule has 2 aromatic carbocycles. The first-order valence-corrected chi connectivity index (χ1v) is 9.41. The van der Waals surface area contributed by atoms with Crippen LogP contribution in [0.5, 0.6) is 0 Å². The molecular formula is C22H24F2N2O. The molecule has 142 valence electrons. The van der Waals surface area contributed by atoms with E-state index in [0.29, 0.717) is 0 Å². The lowest BCUT2D eigenvalue weighted by molar-refractivity contribution is 0.135. The van der Waals surface area contributed by atoms with E-state index in [0.717, 1.165) is 36.1 Å². The molecule has 1 saturated carbocycles. The Bertz CT molecular complexity index is 834. The maximum atomic E-state index is 13.5. The van der Waals surface area contributed by atoms with Crippen LogP contribution >= 0.6 is 0 Å². The second-order valence-corrected chi connectivity index (χ2v) is 7.76. The lowest BCUT2D eigenvalue weighted by Crippen LogP contribution is -2.56. The summed E-state index contributed by atoms with van der Waals surface area (Å²) in [6.07, 6.45) is 3.07. The molecule has 0 radical (unpaired) electrons. The second-order valence-electron chi connectivity index (χ2n) is 7.76. The number of halogens is 2. The molecule has 1 N–H and O–H groups in total. The van der Waals surface area contributed by atoms with Gasteiger partial charge in [-0.2, -0.15) is 0 Å². The van der Waals surface area contributed by atoms with Crippen molar-refractivity contribution >= 4 is 5.71 Å². The highest BCUT2D eigenvalue weighted by Gasteiger charge is 2.53. The number of benzene rings is 2. The van der Waals surface area contributed by atoms with Gasteiger partial charge in [-0.3, -0.25) is 0 Å². The summed E-state index contributed by atoms with van der Waals surface area (Å²) in [6.45, 7) is 2.21. The smallest absolute Gasteiger partial charge is 0.123 e.